The Bertz CT molecular complexity index is 456. The van der Waals surface area contributed by atoms with Crippen LogP contribution in [-0.4, -0.2) is 41.6 Å². The molecule has 0 aliphatic carbocycles. The fourth-order valence-electron chi connectivity index (χ4n) is 1.90. The molecule has 20 heavy (non-hydrogen) atoms. The van der Waals surface area contributed by atoms with Crippen LogP contribution in [-0.2, 0) is 20.8 Å². The number of halogens is 1. The van der Waals surface area contributed by atoms with Crippen molar-refractivity contribution in [1.29, 1.82) is 0 Å². The molecule has 7 heteroatoms. The fraction of sp³-hybridized carbons (Fsp3) is 0.692. The number of rotatable bonds is 6. The lowest BCUT2D eigenvalue weighted by molar-refractivity contribution is -0.136. The Morgan fingerprint density at radius 3 is 2.95 bits per heavy atom. The average molecular weight is 302 g/mol. The zero-order chi connectivity index (χ0) is 14.6. The van der Waals surface area contributed by atoms with E-state index in [0.717, 1.165) is 0 Å². The van der Waals surface area contributed by atoms with Crippen molar-refractivity contribution < 1.29 is 14.2 Å². The van der Waals surface area contributed by atoms with Gasteiger partial charge in [-0.2, -0.15) is 0 Å². The van der Waals surface area contributed by atoms with E-state index in [1.165, 1.54) is 0 Å². The molecule has 1 N–H and O–H groups in total. The summed E-state index contributed by atoms with van der Waals surface area (Å²) in [6, 6.07) is 1.68. The van der Waals surface area contributed by atoms with Crippen LogP contribution in [0.4, 0.5) is 5.82 Å². The van der Waals surface area contributed by atoms with Crippen molar-refractivity contribution in [1.82, 2.24) is 9.97 Å². The lowest BCUT2D eigenvalue weighted by Crippen LogP contribution is -2.26. The Balaban J connectivity index is 1.90. The van der Waals surface area contributed by atoms with E-state index in [4.69, 9.17) is 25.8 Å². The smallest absolute Gasteiger partial charge is 0.163 e. The van der Waals surface area contributed by atoms with Gasteiger partial charge in [-0.1, -0.05) is 11.6 Å². The molecule has 0 bridgehead atoms. The second kappa shape index (κ2) is 6.67. The second-order valence-corrected chi connectivity index (χ2v) is 5.35. The molecule has 0 saturated carbocycles. The summed E-state index contributed by atoms with van der Waals surface area (Å²) in [7, 11) is 0. The molecule has 1 fully saturated rings. The van der Waals surface area contributed by atoms with Crippen molar-refractivity contribution in [3.8, 4) is 0 Å². The summed E-state index contributed by atoms with van der Waals surface area (Å²) in [6.07, 6.45) is -0.00548. The monoisotopic (exact) mass is 301 g/mol. The minimum Gasteiger partial charge on any atom is -0.374 e. The van der Waals surface area contributed by atoms with Crippen LogP contribution in [0.3, 0.4) is 0 Å². The minimum atomic E-state index is -0.518. The van der Waals surface area contributed by atoms with Gasteiger partial charge in [-0.05, 0) is 20.8 Å². The van der Waals surface area contributed by atoms with Crippen LogP contribution in [0.1, 0.15) is 26.6 Å². The number of nitrogens with one attached hydrogen (secondary N) is 1. The summed E-state index contributed by atoms with van der Waals surface area (Å²) in [5.41, 5.74) is 0. The van der Waals surface area contributed by atoms with Gasteiger partial charge in [-0.15, -0.1) is 0 Å². The van der Waals surface area contributed by atoms with Crippen molar-refractivity contribution in [2.24, 2.45) is 0 Å². The number of aromatic nitrogens is 2. The summed E-state index contributed by atoms with van der Waals surface area (Å²) in [5.74, 6) is 0.703. The van der Waals surface area contributed by atoms with Gasteiger partial charge in [0.15, 0.2) is 11.6 Å². The molecule has 1 atom stereocenters. The number of ether oxygens (including phenoxy) is 3. The summed E-state index contributed by atoms with van der Waals surface area (Å²) in [6.45, 7) is 7.84. The van der Waals surface area contributed by atoms with Crippen LogP contribution in [0.25, 0.3) is 0 Å². The molecule has 0 radical (unpaired) electrons. The third kappa shape index (κ3) is 4.56. The third-order valence-corrected chi connectivity index (χ3v) is 2.95. The van der Waals surface area contributed by atoms with E-state index >= 15 is 0 Å². The highest BCUT2D eigenvalue weighted by Crippen LogP contribution is 2.22. The maximum absolute atomic E-state index is 5.97. The molecule has 2 heterocycles. The van der Waals surface area contributed by atoms with Gasteiger partial charge in [0, 0.05) is 19.2 Å². The van der Waals surface area contributed by atoms with Crippen molar-refractivity contribution in [2.45, 2.75) is 39.3 Å². The Kier molecular flexibility index (Phi) is 5.15. The molecule has 1 aromatic heterocycles. The molecule has 1 aliphatic rings. The van der Waals surface area contributed by atoms with Crippen molar-refractivity contribution in [3.63, 3.8) is 0 Å². The van der Waals surface area contributed by atoms with E-state index in [9.17, 15) is 0 Å². The molecular formula is C13H20ClN3O3. The van der Waals surface area contributed by atoms with Crippen LogP contribution in [0.15, 0.2) is 6.07 Å². The molecule has 112 valence electrons. The zero-order valence-electron chi connectivity index (χ0n) is 12.0. The van der Waals surface area contributed by atoms with Gasteiger partial charge < -0.3 is 19.5 Å². The summed E-state index contributed by atoms with van der Waals surface area (Å²) < 4.78 is 16.5. The molecule has 1 aliphatic heterocycles. The average Bonchev–Trinajstić information content (AvgIpc) is 2.73. The number of hydrogen-bond acceptors (Lipinski definition) is 6. The van der Waals surface area contributed by atoms with Gasteiger partial charge in [0.05, 0.1) is 6.61 Å². The lowest BCUT2D eigenvalue weighted by Gasteiger charge is -2.17. The van der Waals surface area contributed by atoms with E-state index in [1.807, 2.05) is 20.8 Å². The van der Waals surface area contributed by atoms with Crippen LogP contribution in [0.5, 0.6) is 0 Å². The van der Waals surface area contributed by atoms with Gasteiger partial charge in [-0.3, -0.25) is 0 Å². The molecule has 0 aromatic carbocycles. The van der Waals surface area contributed by atoms with E-state index in [1.54, 1.807) is 6.07 Å². The Morgan fingerprint density at radius 1 is 1.50 bits per heavy atom. The number of nitrogens with zero attached hydrogens (tertiary/aromatic N) is 2. The van der Waals surface area contributed by atoms with Gasteiger partial charge >= 0.3 is 0 Å². The van der Waals surface area contributed by atoms with E-state index in [-0.39, 0.29) is 6.10 Å². The highest BCUT2D eigenvalue weighted by molar-refractivity contribution is 6.29. The molecule has 1 saturated heterocycles. The van der Waals surface area contributed by atoms with Gasteiger partial charge in [0.25, 0.3) is 0 Å². The molecule has 2 rings (SSSR count). The van der Waals surface area contributed by atoms with Gasteiger partial charge in [0.2, 0.25) is 0 Å². The van der Waals surface area contributed by atoms with Crippen LogP contribution >= 0.6 is 11.6 Å². The van der Waals surface area contributed by atoms with Gasteiger partial charge in [-0.25, -0.2) is 9.97 Å². The van der Waals surface area contributed by atoms with Crippen molar-refractivity contribution in [2.75, 3.05) is 25.1 Å². The summed E-state index contributed by atoms with van der Waals surface area (Å²) >= 11 is 5.97. The van der Waals surface area contributed by atoms with Crippen LogP contribution < -0.4 is 5.32 Å². The maximum Gasteiger partial charge on any atom is 0.163 e. The third-order valence-electron chi connectivity index (χ3n) is 2.75. The van der Waals surface area contributed by atoms with Crippen molar-refractivity contribution >= 4 is 17.4 Å². The molecule has 6 nitrogen and oxygen atoms in total. The first-order chi connectivity index (χ1) is 9.48. The van der Waals surface area contributed by atoms with E-state index < -0.39 is 5.79 Å². The molecule has 1 unspecified atom stereocenters. The topological polar surface area (TPSA) is 65.5 Å². The normalized spacial score (nSPS) is 21.1. The lowest BCUT2D eigenvalue weighted by atomic mass is 10.3. The Labute approximate surface area is 123 Å². The zero-order valence-corrected chi connectivity index (χ0v) is 12.7. The highest BCUT2D eigenvalue weighted by atomic mass is 35.5. The first kappa shape index (κ1) is 15.4. The summed E-state index contributed by atoms with van der Waals surface area (Å²) in [4.78, 5) is 8.45. The highest BCUT2D eigenvalue weighted by Gasteiger charge is 2.32. The minimum absolute atomic E-state index is 0.00548. The molecule has 0 amide bonds. The predicted octanol–water partition coefficient (Wildman–Crippen LogP) is 2.23. The van der Waals surface area contributed by atoms with E-state index in [2.05, 4.69) is 15.3 Å². The molecular weight excluding hydrogens is 282 g/mol. The standard InChI is InChI=1S/C13H20ClN3O3/c1-4-18-8-12-16-10(14)5-11(17-12)15-6-9-7-19-13(2,3)20-9/h5,9H,4,6-8H2,1-3H3,(H,15,16,17). The quantitative estimate of drug-likeness (QED) is 0.813. The van der Waals surface area contributed by atoms with E-state index in [0.29, 0.717) is 43.2 Å². The Morgan fingerprint density at radius 2 is 2.30 bits per heavy atom. The largest absolute Gasteiger partial charge is 0.374 e. The number of hydrogen-bond donors (Lipinski definition) is 1. The number of anilines is 1. The maximum atomic E-state index is 5.97. The van der Waals surface area contributed by atoms with Gasteiger partial charge in [0.1, 0.15) is 23.7 Å². The Hall–Kier alpha value is -0.950. The SMILES string of the molecule is CCOCc1nc(Cl)cc(NCC2COC(C)(C)O2)n1. The van der Waals surface area contributed by atoms with Crippen molar-refractivity contribution in [3.05, 3.63) is 17.0 Å². The first-order valence-corrected chi connectivity index (χ1v) is 7.03. The predicted molar refractivity (Wildman–Crippen MR) is 75.8 cm³/mol. The second-order valence-electron chi connectivity index (χ2n) is 4.96. The summed E-state index contributed by atoms with van der Waals surface area (Å²) in [5, 5.41) is 3.58. The van der Waals surface area contributed by atoms with Crippen LogP contribution in [0.2, 0.25) is 5.15 Å². The molecule has 1 aromatic rings. The first-order valence-electron chi connectivity index (χ1n) is 6.65. The molecule has 0 spiro atoms. The van der Waals surface area contributed by atoms with Crippen LogP contribution in [0, 0.1) is 0 Å². The fourth-order valence-corrected chi connectivity index (χ4v) is 2.10.